The number of rotatable bonds is 3. The first-order valence-electron chi connectivity index (χ1n) is 9.44. The molecule has 0 bridgehead atoms. The van der Waals surface area contributed by atoms with Gasteiger partial charge in [0.2, 0.25) is 5.71 Å². The maximum Gasteiger partial charge on any atom is 0.227 e. The van der Waals surface area contributed by atoms with Gasteiger partial charge in [0.25, 0.3) is 0 Å². The van der Waals surface area contributed by atoms with Gasteiger partial charge in [-0.3, -0.25) is 4.99 Å². The van der Waals surface area contributed by atoms with Crippen molar-refractivity contribution in [2.75, 3.05) is 7.05 Å². The molecule has 2 aromatic heterocycles. The van der Waals surface area contributed by atoms with E-state index in [-0.39, 0.29) is 0 Å². The van der Waals surface area contributed by atoms with Crippen molar-refractivity contribution in [3.8, 4) is 11.3 Å². The maximum absolute atomic E-state index is 6.12. The molecular formula is C25H24N2O. The van der Waals surface area contributed by atoms with E-state index in [2.05, 4.69) is 75.7 Å². The monoisotopic (exact) mass is 368 g/mol. The third kappa shape index (κ3) is 2.84. The lowest BCUT2D eigenvalue weighted by Gasteiger charge is -2.10. The van der Waals surface area contributed by atoms with Crippen LogP contribution in [0, 0.1) is 27.7 Å². The number of furan rings is 1. The van der Waals surface area contributed by atoms with Gasteiger partial charge in [-0.1, -0.05) is 24.3 Å². The van der Waals surface area contributed by atoms with E-state index in [4.69, 9.17) is 9.40 Å². The molecule has 28 heavy (non-hydrogen) atoms. The van der Waals surface area contributed by atoms with Crippen LogP contribution in [0.2, 0.25) is 0 Å². The van der Waals surface area contributed by atoms with E-state index in [0.29, 0.717) is 5.71 Å². The van der Waals surface area contributed by atoms with E-state index < -0.39 is 0 Å². The number of benzene rings is 2. The average Bonchev–Trinajstić information content (AvgIpc) is 2.98. The van der Waals surface area contributed by atoms with Crippen molar-refractivity contribution in [2.24, 2.45) is 4.99 Å². The number of aryl methyl sites for hydroxylation is 4. The van der Waals surface area contributed by atoms with Crippen molar-refractivity contribution < 1.29 is 4.42 Å². The van der Waals surface area contributed by atoms with Crippen LogP contribution in [0.25, 0.3) is 33.3 Å². The van der Waals surface area contributed by atoms with Crippen molar-refractivity contribution in [1.82, 2.24) is 4.98 Å². The van der Waals surface area contributed by atoms with E-state index in [0.717, 1.165) is 38.9 Å². The molecule has 0 spiro atoms. The molecule has 3 nitrogen and oxygen atoms in total. The Bertz CT molecular complexity index is 1250. The molecule has 0 saturated heterocycles. The molecule has 4 rings (SSSR count). The molecule has 0 amide bonds. The minimum Gasteiger partial charge on any atom is -0.438 e. The van der Waals surface area contributed by atoms with Crippen LogP contribution in [0.3, 0.4) is 0 Å². The molecule has 2 aromatic carbocycles. The third-order valence-corrected chi connectivity index (χ3v) is 5.33. The van der Waals surface area contributed by atoms with Crippen LogP contribution in [0.4, 0.5) is 0 Å². The molecule has 0 saturated carbocycles. The normalized spacial score (nSPS) is 12.1. The number of aromatic nitrogens is 1. The second-order valence-electron chi connectivity index (χ2n) is 7.40. The number of fused-ring (bicyclic) bond motifs is 3. The van der Waals surface area contributed by atoms with Crippen LogP contribution >= 0.6 is 0 Å². The highest BCUT2D eigenvalue weighted by atomic mass is 16.3. The van der Waals surface area contributed by atoms with Gasteiger partial charge in [-0.2, -0.15) is 0 Å². The third-order valence-electron chi connectivity index (χ3n) is 5.33. The fourth-order valence-corrected chi connectivity index (χ4v) is 4.12. The summed E-state index contributed by atoms with van der Waals surface area (Å²) in [5.74, 6) is 0. The van der Waals surface area contributed by atoms with Crippen molar-refractivity contribution in [3.05, 3.63) is 76.9 Å². The maximum atomic E-state index is 6.12. The van der Waals surface area contributed by atoms with Crippen LogP contribution < -0.4 is 0 Å². The van der Waals surface area contributed by atoms with Gasteiger partial charge in [0, 0.05) is 28.9 Å². The van der Waals surface area contributed by atoms with Gasteiger partial charge >= 0.3 is 0 Å². The average molecular weight is 368 g/mol. The zero-order chi connectivity index (χ0) is 20.0. The highest BCUT2D eigenvalue weighted by Gasteiger charge is 2.15. The molecule has 0 atom stereocenters. The fourth-order valence-electron chi connectivity index (χ4n) is 4.12. The van der Waals surface area contributed by atoms with E-state index in [9.17, 15) is 0 Å². The summed E-state index contributed by atoms with van der Waals surface area (Å²) in [5.41, 5.74) is 10.4. The van der Waals surface area contributed by atoms with Crippen LogP contribution in [0.1, 0.15) is 27.8 Å². The second-order valence-corrected chi connectivity index (χ2v) is 7.40. The molecule has 0 unspecified atom stereocenters. The Hall–Kier alpha value is -3.20. The first kappa shape index (κ1) is 18.2. The van der Waals surface area contributed by atoms with Crippen LogP contribution in [-0.4, -0.2) is 17.7 Å². The molecule has 0 fully saturated rings. The zero-order valence-corrected chi connectivity index (χ0v) is 17.1. The molecular weight excluding hydrogens is 344 g/mol. The zero-order valence-electron chi connectivity index (χ0n) is 17.1. The minimum atomic E-state index is 0.664. The number of hydrogen-bond donors (Lipinski definition) is 0. The van der Waals surface area contributed by atoms with E-state index in [1.165, 1.54) is 22.3 Å². The largest absolute Gasteiger partial charge is 0.438 e. The van der Waals surface area contributed by atoms with Crippen molar-refractivity contribution in [2.45, 2.75) is 27.7 Å². The Kier molecular flexibility index (Phi) is 4.38. The van der Waals surface area contributed by atoms with E-state index in [1.807, 2.05) is 0 Å². The summed E-state index contributed by atoms with van der Waals surface area (Å²) in [6.45, 7) is 12.3. The van der Waals surface area contributed by atoms with Crippen LogP contribution in [-0.2, 0) is 0 Å². The molecule has 2 heterocycles. The van der Waals surface area contributed by atoms with Gasteiger partial charge in [-0.05, 0) is 74.7 Å². The standard InChI is InChI=1S/C25H24N2O/c1-7-21(26-6)19-13-20-18-8-9-22(24-16(4)10-14(2)11-17(24)5)27-25(18)28-23(20)12-15(19)3/h7-13H,1H2,2-6H3/b26-21-. The summed E-state index contributed by atoms with van der Waals surface area (Å²) in [5, 5.41) is 2.07. The highest BCUT2D eigenvalue weighted by molar-refractivity contribution is 6.14. The summed E-state index contributed by atoms with van der Waals surface area (Å²) in [7, 11) is 1.79. The number of aliphatic imine (C=N–C) groups is 1. The lowest BCUT2D eigenvalue weighted by Crippen LogP contribution is -1.99. The Morgan fingerprint density at radius 1 is 0.964 bits per heavy atom. The lowest BCUT2D eigenvalue weighted by molar-refractivity contribution is 0.654. The van der Waals surface area contributed by atoms with Gasteiger partial charge in [-0.25, -0.2) is 4.98 Å². The number of hydrogen-bond acceptors (Lipinski definition) is 3. The molecule has 4 aromatic rings. The van der Waals surface area contributed by atoms with Gasteiger partial charge in [0.05, 0.1) is 11.4 Å². The fraction of sp³-hybridized carbons (Fsp3) is 0.200. The minimum absolute atomic E-state index is 0.664. The molecule has 0 aliphatic heterocycles. The number of nitrogens with zero attached hydrogens (tertiary/aromatic N) is 2. The van der Waals surface area contributed by atoms with Gasteiger partial charge < -0.3 is 4.42 Å². The Morgan fingerprint density at radius 2 is 1.68 bits per heavy atom. The summed E-state index contributed by atoms with van der Waals surface area (Å²) < 4.78 is 6.12. The summed E-state index contributed by atoms with van der Waals surface area (Å²) in [6, 6.07) is 12.8. The summed E-state index contributed by atoms with van der Waals surface area (Å²) in [4.78, 5) is 9.20. The summed E-state index contributed by atoms with van der Waals surface area (Å²) in [6.07, 6.45) is 1.79. The van der Waals surface area contributed by atoms with Gasteiger partial charge in [0.15, 0.2) is 0 Å². The predicted molar refractivity (Wildman–Crippen MR) is 119 cm³/mol. The first-order valence-corrected chi connectivity index (χ1v) is 9.44. The lowest BCUT2D eigenvalue weighted by atomic mass is 9.96. The Labute approximate surface area is 165 Å². The molecule has 0 aliphatic carbocycles. The summed E-state index contributed by atoms with van der Waals surface area (Å²) >= 11 is 0. The second kappa shape index (κ2) is 6.75. The van der Waals surface area contributed by atoms with Crippen LogP contribution in [0.5, 0.6) is 0 Å². The molecule has 0 aliphatic rings. The van der Waals surface area contributed by atoms with Gasteiger partial charge in [0.1, 0.15) is 5.58 Å². The van der Waals surface area contributed by atoms with Crippen LogP contribution in [0.15, 0.2) is 58.5 Å². The number of pyridine rings is 1. The van der Waals surface area contributed by atoms with Crippen molar-refractivity contribution in [1.29, 1.82) is 0 Å². The Morgan fingerprint density at radius 3 is 2.32 bits per heavy atom. The first-order chi connectivity index (χ1) is 13.4. The topological polar surface area (TPSA) is 38.4 Å². The smallest absolute Gasteiger partial charge is 0.227 e. The van der Waals surface area contributed by atoms with Gasteiger partial charge in [-0.15, -0.1) is 0 Å². The molecule has 0 radical (unpaired) electrons. The number of allylic oxidation sites excluding steroid dienone is 1. The SMILES string of the molecule is C=C/C(=N/C)c1cc2c(cc1C)oc1nc(-c3c(C)cc(C)cc3C)ccc12. The quantitative estimate of drug-likeness (QED) is 0.388. The molecule has 3 heteroatoms. The Balaban J connectivity index is 1.95. The van der Waals surface area contributed by atoms with Crippen molar-refractivity contribution >= 4 is 27.8 Å². The highest BCUT2D eigenvalue weighted by Crippen LogP contribution is 2.34. The van der Waals surface area contributed by atoms with E-state index >= 15 is 0 Å². The van der Waals surface area contributed by atoms with Crippen molar-refractivity contribution in [3.63, 3.8) is 0 Å². The molecule has 140 valence electrons. The predicted octanol–water partition coefficient (Wildman–Crippen LogP) is 6.49. The molecule has 0 N–H and O–H groups in total. The van der Waals surface area contributed by atoms with E-state index in [1.54, 1.807) is 13.1 Å².